The van der Waals surface area contributed by atoms with E-state index in [-0.39, 0.29) is 5.60 Å². The normalized spacial score (nSPS) is 24.3. The fourth-order valence-electron chi connectivity index (χ4n) is 2.43. The molecule has 18 heavy (non-hydrogen) atoms. The Kier molecular flexibility index (Phi) is 4.57. The van der Waals surface area contributed by atoms with Crippen molar-refractivity contribution in [2.45, 2.75) is 31.2 Å². The van der Waals surface area contributed by atoms with E-state index < -0.39 is 0 Å². The maximum Gasteiger partial charge on any atom is 0.0825 e. The summed E-state index contributed by atoms with van der Waals surface area (Å²) in [6.45, 7) is 4.21. The summed E-state index contributed by atoms with van der Waals surface area (Å²) in [6.07, 6.45) is 2.29. The van der Waals surface area contributed by atoms with Gasteiger partial charge in [-0.1, -0.05) is 22.0 Å². The van der Waals surface area contributed by atoms with E-state index in [0.717, 1.165) is 29.5 Å². The van der Waals surface area contributed by atoms with Crippen LogP contribution in [0.4, 0.5) is 5.69 Å². The Morgan fingerprint density at radius 1 is 1.50 bits per heavy atom. The van der Waals surface area contributed by atoms with Crippen LogP contribution in [0.5, 0.6) is 0 Å². The van der Waals surface area contributed by atoms with Crippen molar-refractivity contribution < 1.29 is 4.74 Å². The zero-order valence-corrected chi connectivity index (χ0v) is 13.2. The summed E-state index contributed by atoms with van der Waals surface area (Å²) in [5.41, 5.74) is 2.33. The Morgan fingerprint density at radius 3 is 2.89 bits per heavy atom. The Hall–Kier alpha value is -0.250. The Morgan fingerprint density at radius 2 is 2.28 bits per heavy atom. The fraction of sp³-hybridized carbons (Fsp3) is 0.571. The molecular formula is C14H19BrClNO. The molecule has 1 aliphatic rings. The maximum atomic E-state index is 5.87. The number of hydrogen-bond acceptors (Lipinski definition) is 2. The van der Waals surface area contributed by atoms with E-state index in [2.05, 4.69) is 46.0 Å². The van der Waals surface area contributed by atoms with E-state index >= 15 is 0 Å². The van der Waals surface area contributed by atoms with E-state index in [0.29, 0.717) is 5.88 Å². The average Bonchev–Trinajstić information content (AvgIpc) is 2.39. The van der Waals surface area contributed by atoms with Crippen molar-refractivity contribution >= 4 is 33.2 Å². The van der Waals surface area contributed by atoms with Gasteiger partial charge in [0, 0.05) is 36.2 Å². The van der Waals surface area contributed by atoms with Crippen molar-refractivity contribution in [3.05, 3.63) is 28.2 Å². The highest BCUT2D eigenvalue weighted by Crippen LogP contribution is 2.31. The molecule has 0 radical (unpaired) electrons. The molecule has 1 atom stereocenters. The van der Waals surface area contributed by atoms with Gasteiger partial charge in [-0.15, -0.1) is 11.6 Å². The van der Waals surface area contributed by atoms with Crippen molar-refractivity contribution in [2.75, 3.05) is 25.1 Å². The zero-order chi connectivity index (χ0) is 13.2. The molecule has 0 spiro atoms. The minimum absolute atomic E-state index is 0.0319. The summed E-state index contributed by atoms with van der Waals surface area (Å²) in [6, 6.07) is 6.38. The molecule has 1 aromatic rings. The maximum absolute atomic E-state index is 5.87. The zero-order valence-electron chi connectivity index (χ0n) is 10.9. The molecule has 0 N–H and O–H groups in total. The van der Waals surface area contributed by atoms with Crippen molar-refractivity contribution in [3.63, 3.8) is 0 Å². The second-order valence-electron chi connectivity index (χ2n) is 5.09. The number of alkyl halides is 1. The van der Waals surface area contributed by atoms with E-state index in [4.69, 9.17) is 16.3 Å². The number of benzene rings is 1. The largest absolute Gasteiger partial charge is 0.377 e. The van der Waals surface area contributed by atoms with E-state index in [9.17, 15) is 0 Å². The van der Waals surface area contributed by atoms with Gasteiger partial charge in [0.2, 0.25) is 0 Å². The topological polar surface area (TPSA) is 12.5 Å². The van der Waals surface area contributed by atoms with Crippen LogP contribution in [0, 0.1) is 0 Å². The summed E-state index contributed by atoms with van der Waals surface area (Å²) in [5.74, 6) is 0.538. The smallest absolute Gasteiger partial charge is 0.0825 e. The van der Waals surface area contributed by atoms with Gasteiger partial charge in [-0.2, -0.15) is 0 Å². The van der Waals surface area contributed by atoms with Gasteiger partial charge < -0.3 is 9.64 Å². The van der Waals surface area contributed by atoms with Crippen LogP contribution in [-0.4, -0.2) is 25.8 Å². The lowest BCUT2D eigenvalue weighted by Gasteiger charge is -2.40. The number of methoxy groups -OCH3 is 1. The van der Waals surface area contributed by atoms with E-state index in [1.54, 1.807) is 7.11 Å². The molecule has 1 saturated heterocycles. The molecule has 1 aliphatic heterocycles. The van der Waals surface area contributed by atoms with Gasteiger partial charge in [-0.05, 0) is 37.5 Å². The van der Waals surface area contributed by atoms with Crippen LogP contribution in [0.3, 0.4) is 0 Å². The molecule has 1 heterocycles. The van der Waals surface area contributed by atoms with Crippen molar-refractivity contribution in [3.8, 4) is 0 Å². The molecule has 2 nitrogen and oxygen atoms in total. The van der Waals surface area contributed by atoms with Crippen LogP contribution in [0.1, 0.15) is 25.3 Å². The standard InChI is InChI=1S/C14H19BrClNO/c1-14(18-2)6-3-7-17(10-14)12-5-4-11(9-16)13(15)8-12/h4-5,8H,3,6-7,9-10H2,1-2H3. The molecule has 0 aromatic heterocycles. The first-order valence-electron chi connectivity index (χ1n) is 6.22. The molecule has 2 rings (SSSR count). The minimum atomic E-state index is -0.0319. The number of piperidine rings is 1. The summed E-state index contributed by atoms with van der Waals surface area (Å²) >= 11 is 9.45. The molecule has 0 saturated carbocycles. The number of nitrogens with zero attached hydrogens (tertiary/aromatic N) is 1. The lowest BCUT2D eigenvalue weighted by Crippen LogP contribution is -2.47. The van der Waals surface area contributed by atoms with Gasteiger partial charge in [0.1, 0.15) is 0 Å². The number of ether oxygens (including phenoxy) is 1. The van der Waals surface area contributed by atoms with Crippen LogP contribution in [-0.2, 0) is 10.6 Å². The SMILES string of the molecule is COC1(C)CCCN(c2ccc(CCl)c(Br)c2)C1. The van der Waals surface area contributed by atoms with Crippen molar-refractivity contribution in [2.24, 2.45) is 0 Å². The van der Waals surface area contributed by atoms with Gasteiger partial charge in [-0.3, -0.25) is 0 Å². The van der Waals surface area contributed by atoms with Gasteiger partial charge in [0.25, 0.3) is 0 Å². The van der Waals surface area contributed by atoms with Crippen LogP contribution < -0.4 is 4.90 Å². The predicted molar refractivity (Wildman–Crippen MR) is 80.6 cm³/mol. The minimum Gasteiger partial charge on any atom is -0.377 e. The second-order valence-corrected chi connectivity index (χ2v) is 6.21. The molecule has 1 fully saturated rings. The molecule has 0 amide bonds. The first-order chi connectivity index (χ1) is 8.58. The number of rotatable bonds is 3. The van der Waals surface area contributed by atoms with Gasteiger partial charge in [0.15, 0.2) is 0 Å². The molecule has 100 valence electrons. The molecule has 0 bridgehead atoms. The molecule has 1 aromatic carbocycles. The van der Waals surface area contributed by atoms with E-state index in [1.807, 2.05) is 0 Å². The fourth-order valence-corrected chi connectivity index (χ4v) is 3.34. The van der Waals surface area contributed by atoms with Gasteiger partial charge >= 0.3 is 0 Å². The van der Waals surface area contributed by atoms with E-state index in [1.165, 1.54) is 12.1 Å². The number of hydrogen-bond donors (Lipinski definition) is 0. The Bertz CT molecular complexity index is 426. The van der Waals surface area contributed by atoms with Crippen LogP contribution in [0.25, 0.3) is 0 Å². The number of halogens is 2. The Balaban J connectivity index is 2.18. The molecule has 0 aliphatic carbocycles. The summed E-state index contributed by atoms with van der Waals surface area (Å²) in [4.78, 5) is 2.38. The Labute approximate surface area is 122 Å². The first-order valence-corrected chi connectivity index (χ1v) is 7.55. The summed E-state index contributed by atoms with van der Waals surface area (Å²) in [5, 5.41) is 0. The van der Waals surface area contributed by atoms with Crippen molar-refractivity contribution in [1.82, 2.24) is 0 Å². The highest BCUT2D eigenvalue weighted by atomic mass is 79.9. The molecule has 4 heteroatoms. The lowest BCUT2D eigenvalue weighted by atomic mass is 9.94. The third-order valence-corrected chi connectivity index (χ3v) is 4.72. The predicted octanol–water partition coefficient (Wildman–Crippen LogP) is 4.19. The average molecular weight is 333 g/mol. The van der Waals surface area contributed by atoms with Gasteiger partial charge in [-0.25, -0.2) is 0 Å². The summed E-state index contributed by atoms with van der Waals surface area (Å²) in [7, 11) is 1.80. The third-order valence-electron chi connectivity index (χ3n) is 3.70. The lowest BCUT2D eigenvalue weighted by molar-refractivity contribution is -0.00465. The van der Waals surface area contributed by atoms with Crippen molar-refractivity contribution in [1.29, 1.82) is 0 Å². The number of anilines is 1. The highest BCUT2D eigenvalue weighted by molar-refractivity contribution is 9.10. The second kappa shape index (κ2) is 5.81. The first kappa shape index (κ1) is 14.2. The van der Waals surface area contributed by atoms with Crippen LogP contribution >= 0.6 is 27.5 Å². The van der Waals surface area contributed by atoms with Crippen LogP contribution in [0.2, 0.25) is 0 Å². The quantitative estimate of drug-likeness (QED) is 0.769. The monoisotopic (exact) mass is 331 g/mol. The molecule has 1 unspecified atom stereocenters. The van der Waals surface area contributed by atoms with Crippen LogP contribution in [0.15, 0.2) is 22.7 Å². The molecular weight excluding hydrogens is 314 g/mol. The third kappa shape index (κ3) is 3.01. The van der Waals surface area contributed by atoms with Gasteiger partial charge in [0.05, 0.1) is 5.60 Å². The summed E-state index contributed by atoms with van der Waals surface area (Å²) < 4.78 is 6.71. The highest BCUT2D eigenvalue weighted by Gasteiger charge is 2.30.